The molecule has 1 heterocycles. The van der Waals surface area contributed by atoms with E-state index in [0.717, 1.165) is 25.8 Å². The van der Waals surface area contributed by atoms with Crippen molar-refractivity contribution < 1.29 is 9.84 Å². The Kier molecular flexibility index (Phi) is 4.34. The number of hydrogen-bond donors (Lipinski definition) is 2. The molecule has 0 saturated carbocycles. The monoisotopic (exact) mass is 221 g/mol. The number of benzene rings is 1. The van der Waals surface area contributed by atoms with E-state index in [4.69, 9.17) is 9.84 Å². The molecule has 1 saturated heterocycles. The molecule has 1 aromatic carbocycles. The van der Waals surface area contributed by atoms with Crippen molar-refractivity contribution >= 4 is 0 Å². The van der Waals surface area contributed by atoms with E-state index in [0.29, 0.717) is 0 Å². The predicted octanol–water partition coefficient (Wildman–Crippen LogP) is 1.84. The Morgan fingerprint density at radius 1 is 1.31 bits per heavy atom. The second-order valence-corrected chi connectivity index (χ2v) is 4.13. The van der Waals surface area contributed by atoms with Gasteiger partial charge in [0.15, 0.2) is 0 Å². The minimum atomic E-state index is 0.0890. The molecule has 2 atom stereocenters. The first-order chi connectivity index (χ1) is 7.90. The van der Waals surface area contributed by atoms with Crippen molar-refractivity contribution in [1.82, 2.24) is 5.32 Å². The molecule has 0 aromatic heterocycles. The fraction of sp³-hybridized carbons (Fsp3) is 0.538. The molecule has 3 heteroatoms. The highest BCUT2D eigenvalue weighted by Crippen LogP contribution is 2.25. The molecule has 1 aromatic rings. The molecule has 0 spiro atoms. The molecule has 16 heavy (non-hydrogen) atoms. The van der Waals surface area contributed by atoms with E-state index in [9.17, 15) is 0 Å². The Bertz CT molecular complexity index is 302. The molecule has 0 bridgehead atoms. The molecule has 2 rings (SSSR count). The van der Waals surface area contributed by atoms with Gasteiger partial charge >= 0.3 is 0 Å². The Hall–Kier alpha value is -0.900. The van der Waals surface area contributed by atoms with Gasteiger partial charge in [-0.3, -0.25) is 5.32 Å². The van der Waals surface area contributed by atoms with Gasteiger partial charge in [0, 0.05) is 13.2 Å². The molecule has 2 unspecified atom stereocenters. The zero-order chi connectivity index (χ0) is 11.2. The smallest absolute Gasteiger partial charge is 0.109 e. The Labute approximate surface area is 96.4 Å². The van der Waals surface area contributed by atoms with Crippen LogP contribution in [0.4, 0.5) is 0 Å². The standard InChI is InChI=1S/C13H19NO2/c15-10-4-7-13-14-9-8-12(16-13)11-5-2-1-3-6-11/h1-3,5-6,12-15H,4,7-10H2. The molecular formula is C13H19NO2. The highest BCUT2D eigenvalue weighted by atomic mass is 16.5. The van der Waals surface area contributed by atoms with Crippen LogP contribution in [-0.2, 0) is 4.74 Å². The largest absolute Gasteiger partial charge is 0.396 e. The summed E-state index contributed by atoms with van der Waals surface area (Å²) in [6.45, 7) is 1.22. The number of rotatable bonds is 4. The quantitative estimate of drug-likeness (QED) is 0.815. The normalized spacial score (nSPS) is 25.6. The summed E-state index contributed by atoms with van der Waals surface area (Å²) < 4.78 is 5.95. The van der Waals surface area contributed by atoms with Crippen LogP contribution in [0.3, 0.4) is 0 Å². The molecule has 0 radical (unpaired) electrons. The maximum absolute atomic E-state index is 8.80. The van der Waals surface area contributed by atoms with E-state index in [1.165, 1.54) is 5.56 Å². The third-order valence-electron chi connectivity index (χ3n) is 2.90. The van der Waals surface area contributed by atoms with E-state index >= 15 is 0 Å². The number of ether oxygens (including phenoxy) is 1. The van der Waals surface area contributed by atoms with Gasteiger partial charge in [-0.15, -0.1) is 0 Å². The van der Waals surface area contributed by atoms with Gasteiger partial charge in [-0.2, -0.15) is 0 Å². The average molecular weight is 221 g/mol. The lowest BCUT2D eigenvalue weighted by Gasteiger charge is -2.31. The molecule has 2 N–H and O–H groups in total. The van der Waals surface area contributed by atoms with Gasteiger partial charge in [0.1, 0.15) is 6.23 Å². The summed E-state index contributed by atoms with van der Waals surface area (Å²) >= 11 is 0. The highest BCUT2D eigenvalue weighted by molar-refractivity contribution is 5.17. The molecule has 88 valence electrons. The van der Waals surface area contributed by atoms with E-state index in [2.05, 4.69) is 17.4 Å². The van der Waals surface area contributed by atoms with Crippen molar-refractivity contribution in [3.8, 4) is 0 Å². The highest BCUT2D eigenvalue weighted by Gasteiger charge is 2.22. The van der Waals surface area contributed by atoms with E-state index in [1.807, 2.05) is 18.2 Å². The summed E-state index contributed by atoms with van der Waals surface area (Å²) in [5, 5.41) is 12.1. The van der Waals surface area contributed by atoms with Crippen molar-refractivity contribution in [1.29, 1.82) is 0 Å². The number of hydrogen-bond acceptors (Lipinski definition) is 3. The molecule has 3 nitrogen and oxygen atoms in total. The second kappa shape index (κ2) is 5.99. The van der Waals surface area contributed by atoms with E-state index in [-0.39, 0.29) is 18.9 Å². The lowest BCUT2D eigenvalue weighted by Crippen LogP contribution is -2.39. The molecule has 1 fully saturated rings. The summed E-state index contributed by atoms with van der Waals surface area (Å²) in [5.41, 5.74) is 1.25. The SMILES string of the molecule is OCCCC1NCCC(c2ccccc2)O1. The van der Waals surface area contributed by atoms with Crippen LogP contribution >= 0.6 is 0 Å². The maximum Gasteiger partial charge on any atom is 0.109 e. The first-order valence-electron chi connectivity index (χ1n) is 5.95. The van der Waals surface area contributed by atoms with Crippen LogP contribution in [0, 0.1) is 0 Å². The van der Waals surface area contributed by atoms with Crippen molar-refractivity contribution in [3.63, 3.8) is 0 Å². The van der Waals surface area contributed by atoms with Crippen molar-refractivity contribution in [2.45, 2.75) is 31.6 Å². The van der Waals surface area contributed by atoms with E-state index in [1.54, 1.807) is 0 Å². The first kappa shape index (κ1) is 11.6. The van der Waals surface area contributed by atoms with Gasteiger partial charge in [0.05, 0.1) is 6.10 Å². The van der Waals surface area contributed by atoms with Crippen molar-refractivity contribution in [2.24, 2.45) is 0 Å². The Balaban J connectivity index is 1.91. The molecule has 1 aliphatic rings. The minimum Gasteiger partial charge on any atom is -0.396 e. The van der Waals surface area contributed by atoms with Gasteiger partial charge in [-0.1, -0.05) is 30.3 Å². The Morgan fingerprint density at radius 3 is 2.88 bits per heavy atom. The third kappa shape index (κ3) is 3.04. The average Bonchev–Trinajstić information content (AvgIpc) is 2.38. The zero-order valence-corrected chi connectivity index (χ0v) is 9.43. The first-order valence-corrected chi connectivity index (χ1v) is 5.95. The van der Waals surface area contributed by atoms with Crippen LogP contribution in [0.1, 0.15) is 30.9 Å². The lowest BCUT2D eigenvalue weighted by molar-refractivity contribution is -0.0684. The van der Waals surface area contributed by atoms with Crippen LogP contribution in [-0.4, -0.2) is 24.5 Å². The maximum atomic E-state index is 8.80. The minimum absolute atomic E-state index is 0.0890. The summed E-state index contributed by atoms with van der Waals surface area (Å²) in [7, 11) is 0. The molecule has 0 aliphatic carbocycles. The summed E-state index contributed by atoms with van der Waals surface area (Å²) in [5.74, 6) is 0. The van der Waals surface area contributed by atoms with Crippen molar-refractivity contribution in [2.75, 3.05) is 13.2 Å². The Morgan fingerprint density at radius 2 is 2.12 bits per heavy atom. The third-order valence-corrected chi connectivity index (χ3v) is 2.90. The van der Waals surface area contributed by atoms with Gasteiger partial charge < -0.3 is 9.84 Å². The van der Waals surface area contributed by atoms with Crippen LogP contribution in [0.25, 0.3) is 0 Å². The van der Waals surface area contributed by atoms with Crippen LogP contribution in [0.15, 0.2) is 30.3 Å². The van der Waals surface area contributed by atoms with Crippen LogP contribution < -0.4 is 5.32 Å². The second-order valence-electron chi connectivity index (χ2n) is 4.13. The topological polar surface area (TPSA) is 41.5 Å². The van der Waals surface area contributed by atoms with Gasteiger partial charge in [0.25, 0.3) is 0 Å². The molecule has 0 amide bonds. The fourth-order valence-electron chi connectivity index (χ4n) is 2.05. The number of nitrogens with one attached hydrogen (secondary N) is 1. The molecule has 1 aliphatic heterocycles. The summed E-state index contributed by atoms with van der Waals surface area (Å²) in [6.07, 6.45) is 2.97. The van der Waals surface area contributed by atoms with Gasteiger partial charge in [-0.25, -0.2) is 0 Å². The number of aliphatic hydroxyl groups excluding tert-OH is 1. The predicted molar refractivity (Wildman–Crippen MR) is 63.0 cm³/mol. The van der Waals surface area contributed by atoms with Crippen molar-refractivity contribution in [3.05, 3.63) is 35.9 Å². The summed E-state index contributed by atoms with van der Waals surface area (Å²) in [4.78, 5) is 0. The van der Waals surface area contributed by atoms with Gasteiger partial charge in [0.2, 0.25) is 0 Å². The van der Waals surface area contributed by atoms with Crippen LogP contribution in [0.2, 0.25) is 0 Å². The zero-order valence-electron chi connectivity index (χ0n) is 9.43. The fourth-order valence-corrected chi connectivity index (χ4v) is 2.05. The lowest BCUT2D eigenvalue weighted by atomic mass is 10.0. The number of aliphatic hydroxyl groups is 1. The van der Waals surface area contributed by atoms with E-state index < -0.39 is 0 Å². The van der Waals surface area contributed by atoms with Crippen LogP contribution in [0.5, 0.6) is 0 Å². The molecular weight excluding hydrogens is 202 g/mol. The van der Waals surface area contributed by atoms with Gasteiger partial charge in [-0.05, 0) is 24.8 Å². The summed E-state index contributed by atoms with van der Waals surface area (Å²) in [6, 6.07) is 10.3.